The average molecular weight is 378 g/mol. The number of ether oxygens (including phenoxy) is 1. The van der Waals surface area contributed by atoms with E-state index in [9.17, 15) is 9.90 Å². The highest BCUT2D eigenvalue weighted by molar-refractivity contribution is 7.12. The monoisotopic (exact) mass is 377 g/mol. The van der Waals surface area contributed by atoms with E-state index >= 15 is 0 Å². The van der Waals surface area contributed by atoms with Crippen molar-refractivity contribution in [1.82, 2.24) is 5.32 Å². The van der Waals surface area contributed by atoms with Gasteiger partial charge in [0.15, 0.2) is 10.8 Å². The minimum Gasteiger partial charge on any atom is -0.478 e. The van der Waals surface area contributed by atoms with Crippen molar-refractivity contribution in [3.8, 4) is 5.06 Å². The van der Waals surface area contributed by atoms with E-state index in [0.717, 1.165) is 36.3 Å². The van der Waals surface area contributed by atoms with Crippen molar-refractivity contribution >= 4 is 28.5 Å². The SMILES string of the molecule is Cc1cc2c(s1)CCC(CNC1CCC(Oc3cccs3)C1O)C2=O. The molecule has 2 aromatic rings. The summed E-state index contributed by atoms with van der Waals surface area (Å²) in [5.74, 6) is 0.280. The smallest absolute Gasteiger partial charge is 0.174 e. The highest BCUT2D eigenvalue weighted by Gasteiger charge is 2.37. The van der Waals surface area contributed by atoms with E-state index in [2.05, 4.69) is 12.2 Å². The van der Waals surface area contributed by atoms with E-state index in [4.69, 9.17) is 4.74 Å². The molecule has 4 unspecified atom stereocenters. The Morgan fingerprint density at radius 2 is 2.24 bits per heavy atom. The number of aliphatic hydroxyl groups excluding tert-OH is 1. The van der Waals surface area contributed by atoms with Crippen LogP contribution in [0.2, 0.25) is 0 Å². The Morgan fingerprint density at radius 1 is 1.36 bits per heavy atom. The molecule has 6 heteroatoms. The van der Waals surface area contributed by atoms with Crippen molar-refractivity contribution in [2.45, 2.75) is 50.9 Å². The first kappa shape index (κ1) is 17.2. The maximum Gasteiger partial charge on any atom is 0.174 e. The lowest BCUT2D eigenvalue weighted by molar-refractivity contribution is 0.0462. The molecular formula is C19H23NO3S2. The highest BCUT2D eigenvalue weighted by Crippen LogP contribution is 2.32. The number of carbonyl (C=O) groups is 1. The summed E-state index contributed by atoms with van der Waals surface area (Å²) in [6, 6.07) is 5.92. The number of aryl methyl sites for hydroxylation is 2. The summed E-state index contributed by atoms with van der Waals surface area (Å²) in [5, 5.41) is 16.8. The Bertz CT molecular complexity index is 740. The van der Waals surface area contributed by atoms with Crippen LogP contribution in [0.1, 0.15) is 39.4 Å². The van der Waals surface area contributed by atoms with Crippen molar-refractivity contribution in [1.29, 1.82) is 0 Å². The third-order valence-electron chi connectivity index (χ3n) is 5.23. The number of aliphatic hydroxyl groups is 1. The molecule has 4 atom stereocenters. The lowest BCUT2D eigenvalue weighted by Gasteiger charge is -2.25. The van der Waals surface area contributed by atoms with Gasteiger partial charge in [-0.25, -0.2) is 0 Å². The standard InChI is InChI=1S/C19H23NO3S2/c1-11-9-13-16(25-11)7-4-12(18(13)21)10-20-14-5-6-15(19(14)22)23-17-3-2-8-24-17/h2-3,8-9,12,14-15,19-20,22H,4-7,10H2,1H3. The zero-order valence-corrected chi connectivity index (χ0v) is 15.9. The summed E-state index contributed by atoms with van der Waals surface area (Å²) in [4.78, 5) is 15.1. The second kappa shape index (κ2) is 7.19. The van der Waals surface area contributed by atoms with E-state index < -0.39 is 6.10 Å². The van der Waals surface area contributed by atoms with E-state index in [1.165, 1.54) is 9.75 Å². The van der Waals surface area contributed by atoms with E-state index in [1.54, 1.807) is 22.7 Å². The molecule has 1 saturated carbocycles. The van der Waals surface area contributed by atoms with Gasteiger partial charge in [-0.05, 0) is 56.2 Å². The molecule has 0 radical (unpaired) electrons. The van der Waals surface area contributed by atoms with Crippen LogP contribution in [0.15, 0.2) is 23.6 Å². The van der Waals surface area contributed by atoms with Crippen molar-refractivity contribution in [2.75, 3.05) is 6.54 Å². The van der Waals surface area contributed by atoms with Gasteiger partial charge < -0.3 is 15.2 Å². The maximum absolute atomic E-state index is 12.7. The summed E-state index contributed by atoms with van der Waals surface area (Å²) in [7, 11) is 0. The molecule has 2 aliphatic carbocycles. The Labute approximate surface area is 155 Å². The maximum atomic E-state index is 12.7. The number of thiophene rings is 2. The fourth-order valence-electron chi connectivity index (χ4n) is 3.88. The molecule has 4 nitrogen and oxygen atoms in total. The molecule has 0 spiro atoms. The number of fused-ring (bicyclic) bond motifs is 1. The van der Waals surface area contributed by atoms with Crippen LogP contribution in [0.4, 0.5) is 0 Å². The number of nitrogens with one attached hydrogen (secondary N) is 1. The van der Waals surface area contributed by atoms with Crippen molar-refractivity contribution in [3.63, 3.8) is 0 Å². The fraction of sp³-hybridized carbons (Fsp3) is 0.526. The second-order valence-corrected chi connectivity index (χ2v) is 9.22. The lowest BCUT2D eigenvalue weighted by atomic mass is 9.87. The average Bonchev–Trinajstić information content (AvgIpc) is 3.30. The first-order valence-corrected chi connectivity index (χ1v) is 10.6. The van der Waals surface area contributed by atoms with Gasteiger partial charge in [-0.1, -0.05) is 0 Å². The Balaban J connectivity index is 1.32. The highest BCUT2D eigenvalue weighted by atomic mass is 32.1. The predicted molar refractivity (Wildman–Crippen MR) is 101 cm³/mol. The topological polar surface area (TPSA) is 58.6 Å². The first-order chi connectivity index (χ1) is 12.1. The van der Waals surface area contributed by atoms with Crippen LogP contribution in [0.3, 0.4) is 0 Å². The van der Waals surface area contributed by atoms with Gasteiger partial charge in [0.2, 0.25) is 0 Å². The minimum atomic E-state index is -0.528. The van der Waals surface area contributed by atoms with Crippen LogP contribution in [0.5, 0.6) is 5.06 Å². The molecule has 134 valence electrons. The molecular weight excluding hydrogens is 354 g/mol. The van der Waals surface area contributed by atoms with Gasteiger partial charge in [0.1, 0.15) is 12.2 Å². The number of rotatable bonds is 5. The lowest BCUT2D eigenvalue weighted by Crippen LogP contribution is -2.44. The number of ketones is 1. The van der Waals surface area contributed by atoms with Gasteiger partial charge in [-0.2, -0.15) is 0 Å². The molecule has 25 heavy (non-hydrogen) atoms. The van der Waals surface area contributed by atoms with Crippen molar-refractivity contribution < 1.29 is 14.6 Å². The minimum absolute atomic E-state index is 0.00312. The molecule has 2 aromatic heterocycles. The normalized spacial score (nSPS) is 29.0. The Hall–Kier alpha value is -1.21. The van der Waals surface area contributed by atoms with Gasteiger partial charge in [-0.15, -0.1) is 22.7 Å². The van der Waals surface area contributed by atoms with Crippen molar-refractivity contribution in [3.05, 3.63) is 38.9 Å². The number of Topliss-reactive ketones (excluding diaryl/α,β-unsaturated/α-hetero) is 1. The van der Waals surface area contributed by atoms with E-state index in [0.29, 0.717) is 6.54 Å². The largest absolute Gasteiger partial charge is 0.478 e. The zero-order chi connectivity index (χ0) is 17.4. The van der Waals surface area contributed by atoms with Gasteiger partial charge in [0.25, 0.3) is 0 Å². The quantitative estimate of drug-likeness (QED) is 0.838. The summed E-state index contributed by atoms with van der Waals surface area (Å²) < 4.78 is 5.88. The van der Waals surface area contributed by atoms with Crippen LogP contribution in [-0.4, -0.2) is 35.7 Å². The third kappa shape index (κ3) is 3.53. The molecule has 0 aromatic carbocycles. The van der Waals surface area contributed by atoms with Crippen LogP contribution in [0, 0.1) is 12.8 Å². The summed E-state index contributed by atoms with van der Waals surface area (Å²) >= 11 is 3.29. The van der Waals surface area contributed by atoms with Gasteiger partial charge in [0, 0.05) is 33.8 Å². The molecule has 2 aliphatic rings. The fourth-order valence-corrected chi connectivity index (χ4v) is 5.56. The summed E-state index contributed by atoms with van der Waals surface area (Å²) in [6.07, 6.45) is 2.91. The van der Waals surface area contributed by atoms with Crippen LogP contribution >= 0.6 is 22.7 Å². The van der Waals surface area contributed by atoms with Gasteiger partial charge >= 0.3 is 0 Å². The number of carbonyl (C=O) groups excluding carboxylic acids is 1. The summed E-state index contributed by atoms with van der Waals surface area (Å²) in [6.45, 7) is 2.70. The molecule has 2 heterocycles. The molecule has 0 bridgehead atoms. The Morgan fingerprint density at radius 3 is 3.04 bits per heavy atom. The summed E-state index contributed by atoms with van der Waals surface area (Å²) in [5.41, 5.74) is 0.923. The molecule has 2 N–H and O–H groups in total. The molecule has 1 fully saturated rings. The molecule has 4 rings (SSSR count). The predicted octanol–water partition coefficient (Wildman–Crippen LogP) is 3.42. The van der Waals surface area contributed by atoms with Crippen LogP contribution in [0.25, 0.3) is 0 Å². The van der Waals surface area contributed by atoms with Crippen molar-refractivity contribution in [2.24, 2.45) is 5.92 Å². The second-order valence-electron chi connectivity index (χ2n) is 6.96. The van der Waals surface area contributed by atoms with E-state index in [1.807, 2.05) is 23.6 Å². The number of hydrogen-bond donors (Lipinski definition) is 2. The molecule has 0 saturated heterocycles. The zero-order valence-electron chi connectivity index (χ0n) is 14.2. The first-order valence-electron chi connectivity index (χ1n) is 8.87. The molecule has 0 aliphatic heterocycles. The van der Waals surface area contributed by atoms with Gasteiger partial charge in [0.05, 0.1) is 0 Å². The van der Waals surface area contributed by atoms with Gasteiger partial charge in [-0.3, -0.25) is 4.79 Å². The third-order valence-corrected chi connectivity index (χ3v) is 7.10. The van der Waals surface area contributed by atoms with Crippen LogP contribution in [-0.2, 0) is 6.42 Å². The number of hydrogen-bond acceptors (Lipinski definition) is 6. The van der Waals surface area contributed by atoms with E-state index in [-0.39, 0.29) is 23.8 Å². The Kier molecular flexibility index (Phi) is 4.95. The van der Waals surface area contributed by atoms with Crippen LogP contribution < -0.4 is 10.1 Å². The molecule has 0 amide bonds.